The summed E-state index contributed by atoms with van der Waals surface area (Å²) in [7, 11) is 6.07. The van der Waals surface area contributed by atoms with E-state index in [1.54, 1.807) is 0 Å². The summed E-state index contributed by atoms with van der Waals surface area (Å²) in [4.78, 5) is 18.5. The minimum Gasteiger partial charge on any atom is -0.323 e. The van der Waals surface area contributed by atoms with Crippen molar-refractivity contribution in [2.75, 3.05) is 53.9 Å². The molecule has 2 aliphatic heterocycles. The van der Waals surface area contributed by atoms with Crippen LogP contribution in [-0.2, 0) is 0 Å². The second-order valence-electron chi connectivity index (χ2n) is 5.67. The molecule has 0 aromatic rings. The number of likely N-dealkylation sites (tertiary alicyclic amines) is 1. The molecule has 0 saturated carbocycles. The summed E-state index contributed by atoms with van der Waals surface area (Å²) in [5.74, 6) is 0.636. The molecule has 2 rings (SSSR count). The van der Waals surface area contributed by atoms with Gasteiger partial charge in [0.1, 0.15) is 0 Å². The topological polar surface area (TPSA) is 38.8 Å². The van der Waals surface area contributed by atoms with Crippen LogP contribution in [0.1, 0.15) is 12.8 Å². The van der Waals surface area contributed by atoms with Gasteiger partial charge < -0.3 is 20.0 Å². The fourth-order valence-electron chi connectivity index (χ4n) is 3.21. The Bertz CT molecular complexity index is 297. The predicted octanol–water partition coefficient (Wildman–Crippen LogP) is 0.284. The Kier molecular flexibility index (Phi) is 4.45. The van der Waals surface area contributed by atoms with Gasteiger partial charge in [0.05, 0.1) is 6.04 Å². The van der Waals surface area contributed by atoms with Gasteiger partial charge in [0.2, 0.25) is 0 Å². The molecule has 2 saturated heterocycles. The highest BCUT2D eigenvalue weighted by Gasteiger charge is 2.39. The molecule has 2 atom stereocenters. The van der Waals surface area contributed by atoms with Crippen molar-refractivity contribution in [3.8, 4) is 0 Å². The molecule has 1 N–H and O–H groups in total. The molecule has 2 fully saturated rings. The third-order valence-electron chi connectivity index (χ3n) is 4.31. The molecular formula is C13H26N4O. The van der Waals surface area contributed by atoms with Crippen LogP contribution in [-0.4, -0.2) is 80.6 Å². The van der Waals surface area contributed by atoms with Gasteiger partial charge in [-0.3, -0.25) is 0 Å². The lowest BCUT2D eigenvalue weighted by Gasteiger charge is -2.35. The van der Waals surface area contributed by atoms with Crippen LogP contribution >= 0.6 is 0 Å². The number of carbonyl (C=O) groups is 1. The van der Waals surface area contributed by atoms with Crippen LogP contribution < -0.4 is 5.32 Å². The zero-order valence-corrected chi connectivity index (χ0v) is 11.9. The summed E-state index contributed by atoms with van der Waals surface area (Å²) in [6.07, 6.45) is 2.52. The maximum atomic E-state index is 12.2. The number of likely N-dealkylation sites (N-methyl/N-ethyl adjacent to an activating group) is 2. The van der Waals surface area contributed by atoms with Crippen LogP contribution in [0.5, 0.6) is 0 Å². The van der Waals surface area contributed by atoms with Gasteiger partial charge in [0.25, 0.3) is 0 Å². The Morgan fingerprint density at radius 3 is 2.78 bits per heavy atom. The molecular weight excluding hydrogens is 228 g/mol. The second-order valence-corrected chi connectivity index (χ2v) is 5.67. The molecule has 0 bridgehead atoms. The van der Waals surface area contributed by atoms with Gasteiger partial charge in [-0.1, -0.05) is 0 Å². The largest absolute Gasteiger partial charge is 0.323 e. The molecule has 18 heavy (non-hydrogen) atoms. The van der Waals surface area contributed by atoms with E-state index in [2.05, 4.69) is 17.3 Å². The first-order valence-corrected chi connectivity index (χ1v) is 6.98. The van der Waals surface area contributed by atoms with Gasteiger partial charge in [0, 0.05) is 33.2 Å². The van der Waals surface area contributed by atoms with E-state index in [4.69, 9.17) is 0 Å². The lowest BCUT2D eigenvalue weighted by atomic mass is 9.90. The lowest BCUT2D eigenvalue weighted by molar-refractivity contribution is 0.141. The smallest absolute Gasteiger partial charge is 0.320 e. The number of nitrogens with one attached hydrogen (secondary N) is 1. The maximum absolute atomic E-state index is 12.2. The first kappa shape index (κ1) is 13.6. The summed E-state index contributed by atoms with van der Waals surface area (Å²) < 4.78 is 0. The Labute approximate surface area is 110 Å². The lowest BCUT2D eigenvalue weighted by Crippen LogP contribution is -2.44. The number of hydrogen-bond acceptors (Lipinski definition) is 3. The number of nitrogens with zero attached hydrogens (tertiary/aromatic N) is 3. The molecule has 2 heterocycles. The number of urea groups is 1. The molecule has 0 aliphatic carbocycles. The molecule has 5 nitrogen and oxygen atoms in total. The van der Waals surface area contributed by atoms with Crippen molar-refractivity contribution in [2.24, 2.45) is 5.92 Å². The maximum Gasteiger partial charge on any atom is 0.320 e. The van der Waals surface area contributed by atoms with Gasteiger partial charge in [-0.15, -0.1) is 0 Å². The predicted molar refractivity (Wildman–Crippen MR) is 72.7 cm³/mol. The molecule has 104 valence electrons. The summed E-state index contributed by atoms with van der Waals surface area (Å²) in [5, 5.41) is 3.11. The fourth-order valence-corrected chi connectivity index (χ4v) is 3.21. The van der Waals surface area contributed by atoms with Crippen molar-refractivity contribution < 1.29 is 4.79 Å². The van der Waals surface area contributed by atoms with Crippen molar-refractivity contribution in [3.63, 3.8) is 0 Å². The molecule has 0 aromatic carbocycles. The number of hydrogen-bond donors (Lipinski definition) is 1. The highest BCUT2D eigenvalue weighted by molar-refractivity contribution is 5.77. The molecule has 2 unspecified atom stereocenters. The van der Waals surface area contributed by atoms with E-state index in [1.165, 1.54) is 19.4 Å². The van der Waals surface area contributed by atoms with Crippen LogP contribution in [0.3, 0.4) is 0 Å². The third kappa shape index (κ3) is 2.78. The molecule has 0 spiro atoms. The zero-order valence-electron chi connectivity index (χ0n) is 11.9. The van der Waals surface area contributed by atoms with Crippen LogP contribution in [0.25, 0.3) is 0 Å². The van der Waals surface area contributed by atoms with Crippen LogP contribution in [0, 0.1) is 5.92 Å². The average molecular weight is 254 g/mol. The molecule has 2 aliphatic rings. The fraction of sp³-hybridized carbons (Fsp3) is 0.923. The zero-order chi connectivity index (χ0) is 13.1. The molecule has 2 amide bonds. The van der Waals surface area contributed by atoms with Crippen LogP contribution in [0.2, 0.25) is 0 Å². The third-order valence-corrected chi connectivity index (χ3v) is 4.31. The normalized spacial score (nSPS) is 30.3. The van der Waals surface area contributed by atoms with Gasteiger partial charge in [0.15, 0.2) is 0 Å². The summed E-state index contributed by atoms with van der Waals surface area (Å²) >= 11 is 0. The van der Waals surface area contributed by atoms with E-state index in [-0.39, 0.29) is 6.03 Å². The molecule has 5 heteroatoms. The molecule has 0 radical (unpaired) electrons. The monoisotopic (exact) mass is 254 g/mol. The van der Waals surface area contributed by atoms with Crippen molar-refractivity contribution in [3.05, 3.63) is 0 Å². The standard InChI is InChI=1S/C13H26N4O/c1-14-6-8-17-10-12(16(3)13(17)18)11-5-4-7-15(2)9-11/h11-12,14H,4-10H2,1-3H3. The van der Waals surface area contributed by atoms with Gasteiger partial charge in [-0.25, -0.2) is 4.79 Å². The van der Waals surface area contributed by atoms with E-state index in [0.717, 1.165) is 26.2 Å². The Morgan fingerprint density at radius 2 is 2.11 bits per heavy atom. The Morgan fingerprint density at radius 1 is 1.33 bits per heavy atom. The SMILES string of the molecule is CNCCN1CC(C2CCCN(C)C2)N(C)C1=O. The summed E-state index contributed by atoms with van der Waals surface area (Å²) in [5.41, 5.74) is 0. The van der Waals surface area contributed by atoms with Crippen LogP contribution in [0.4, 0.5) is 4.79 Å². The van der Waals surface area contributed by atoms with Crippen molar-refractivity contribution in [1.82, 2.24) is 20.0 Å². The average Bonchev–Trinajstić information content (AvgIpc) is 2.64. The minimum absolute atomic E-state index is 0.198. The first-order chi connectivity index (χ1) is 8.63. The second kappa shape index (κ2) is 5.89. The summed E-state index contributed by atoms with van der Waals surface area (Å²) in [6, 6.07) is 0.598. The van der Waals surface area contributed by atoms with Crippen molar-refractivity contribution in [1.29, 1.82) is 0 Å². The number of rotatable bonds is 4. The van der Waals surface area contributed by atoms with Gasteiger partial charge in [-0.05, 0) is 39.4 Å². The van der Waals surface area contributed by atoms with E-state index in [0.29, 0.717) is 12.0 Å². The number of amides is 2. The molecule has 0 aromatic heterocycles. The number of carbonyl (C=O) groups excluding carboxylic acids is 1. The Hall–Kier alpha value is -0.810. The van der Waals surface area contributed by atoms with Gasteiger partial charge in [-0.2, -0.15) is 0 Å². The van der Waals surface area contributed by atoms with Crippen molar-refractivity contribution >= 4 is 6.03 Å². The van der Waals surface area contributed by atoms with Crippen molar-refractivity contribution in [2.45, 2.75) is 18.9 Å². The van der Waals surface area contributed by atoms with E-state index >= 15 is 0 Å². The highest BCUT2D eigenvalue weighted by atomic mass is 16.2. The van der Waals surface area contributed by atoms with E-state index < -0.39 is 0 Å². The minimum atomic E-state index is 0.198. The van der Waals surface area contributed by atoms with E-state index in [9.17, 15) is 4.79 Å². The number of piperidine rings is 1. The quantitative estimate of drug-likeness (QED) is 0.783. The Balaban J connectivity index is 1.95. The van der Waals surface area contributed by atoms with Crippen LogP contribution in [0.15, 0.2) is 0 Å². The first-order valence-electron chi connectivity index (χ1n) is 6.98. The highest BCUT2D eigenvalue weighted by Crippen LogP contribution is 2.27. The summed E-state index contributed by atoms with van der Waals surface area (Å²) in [6.45, 7) is 4.91. The van der Waals surface area contributed by atoms with Gasteiger partial charge >= 0.3 is 6.03 Å². The van der Waals surface area contributed by atoms with E-state index in [1.807, 2.05) is 23.9 Å².